The Balaban J connectivity index is 2.00. The molecule has 0 spiro atoms. The summed E-state index contributed by atoms with van der Waals surface area (Å²) in [5.74, 6) is 0.766. The molecule has 0 fully saturated rings. The molecule has 0 aliphatic carbocycles. The molecule has 0 radical (unpaired) electrons. The molecule has 1 heterocycles. The molecule has 2 unspecified atom stereocenters. The van der Waals surface area contributed by atoms with Crippen LogP contribution in [-0.4, -0.2) is 23.6 Å². The molecule has 0 aliphatic heterocycles. The normalized spacial score (nSPS) is 13.6. The monoisotopic (exact) mass is 340 g/mol. The van der Waals surface area contributed by atoms with E-state index < -0.39 is 0 Å². The van der Waals surface area contributed by atoms with Gasteiger partial charge in [-0.25, -0.2) is 4.98 Å². The van der Waals surface area contributed by atoms with E-state index in [0.29, 0.717) is 5.22 Å². The summed E-state index contributed by atoms with van der Waals surface area (Å²) in [5.41, 5.74) is 8.78. The third kappa shape index (κ3) is 3.70. The fourth-order valence-electron chi connectivity index (χ4n) is 2.35. The average Bonchev–Trinajstić information content (AvgIpc) is 3.06. The van der Waals surface area contributed by atoms with Crippen LogP contribution in [0.5, 0.6) is 0 Å². The van der Waals surface area contributed by atoms with Gasteiger partial charge in [0, 0.05) is 18.2 Å². The number of nitrogens with zero attached hydrogens (tertiary/aromatic N) is 1. The molecule has 2 aromatic carbocycles. The minimum absolute atomic E-state index is 0.0286. The molecule has 5 heteroatoms. The van der Waals surface area contributed by atoms with Gasteiger partial charge in [-0.3, -0.25) is 0 Å². The van der Waals surface area contributed by atoms with Crippen LogP contribution < -0.4 is 5.73 Å². The Morgan fingerprint density at radius 2 is 1.58 bits per heavy atom. The highest BCUT2D eigenvalue weighted by Crippen LogP contribution is 2.36. The minimum Gasteiger partial charge on any atom is -0.431 e. The van der Waals surface area contributed by atoms with Crippen molar-refractivity contribution in [2.24, 2.45) is 5.73 Å². The van der Waals surface area contributed by atoms with Gasteiger partial charge in [-0.1, -0.05) is 72.4 Å². The third-order valence-electron chi connectivity index (χ3n) is 3.71. The van der Waals surface area contributed by atoms with Gasteiger partial charge < -0.3 is 14.9 Å². The Labute approximate surface area is 146 Å². The van der Waals surface area contributed by atoms with E-state index in [0.717, 1.165) is 22.6 Å². The molecule has 0 amide bonds. The smallest absolute Gasteiger partial charge is 0.257 e. The van der Waals surface area contributed by atoms with Crippen LogP contribution in [0.15, 0.2) is 70.3 Å². The molecule has 0 aliphatic rings. The maximum atomic E-state index is 6.06. The molecule has 3 aromatic rings. The topological polar surface area (TPSA) is 61.3 Å². The van der Waals surface area contributed by atoms with Gasteiger partial charge in [0.2, 0.25) is 0 Å². The molecule has 0 bridgehead atoms. The van der Waals surface area contributed by atoms with E-state index in [1.807, 2.05) is 67.6 Å². The Kier molecular flexibility index (Phi) is 5.35. The number of aromatic nitrogens is 1. The van der Waals surface area contributed by atoms with Crippen molar-refractivity contribution in [2.45, 2.75) is 23.6 Å². The Morgan fingerprint density at radius 3 is 2.17 bits per heavy atom. The van der Waals surface area contributed by atoms with E-state index in [1.54, 1.807) is 7.11 Å². The van der Waals surface area contributed by atoms with Crippen molar-refractivity contribution in [3.05, 3.63) is 60.7 Å². The molecule has 2 atom stereocenters. The number of nitrogens with two attached hydrogens (primary N) is 1. The molecular formula is C19H20N2O2S. The highest BCUT2D eigenvalue weighted by molar-refractivity contribution is 7.99. The lowest BCUT2D eigenvalue weighted by atomic mass is 10.1. The molecule has 4 nitrogen and oxygen atoms in total. The number of thioether (sulfide) groups is 1. The molecule has 1 aromatic heterocycles. The first-order valence-corrected chi connectivity index (χ1v) is 8.63. The van der Waals surface area contributed by atoms with Crippen LogP contribution in [0.3, 0.4) is 0 Å². The first-order valence-electron chi connectivity index (χ1n) is 7.75. The minimum atomic E-state index is -0.373. The zero-order valence-corrected chi connectivity index (χ0v) is 14.5. The standard InChI is InChI=1S/C19H20N2O2S/c1-13(18(20)22-2)24-19-21-16(14-9-5-3-6-10-14)17(23-19)15-11-7-4-8-12-15/h3-13,18H,20H2,1-2H3. The first-order chi connectivity index (χ1) is 11.7. The summed E-state index contributed by atoms with van der Waals surface area (Å²) >= 11 is 1.47. The first kappa shape index (κ1) is 16.8. The number of benzene rings is 2. The molecule has 2 N–H and O–H groups in total. The summed E-state index contributed by atoms with van der Waals surface area (Å²) in [6.07, 6.45) is -0.373. The van der Waals surface area contributed by atoms with Gasteiger partial charge in [0.1, 0.15) is 11.9 Å². The SMILES string of the molecule is COC(N)C(C)Sc1nc(-c2ccccc2)c(-c2ccccc2)o1. The van der Waals surface area contributed by atoms with Gasteiger partial charge in [0.15, 0.2) is 5.76 Å². The van der Waals surface area contributed by atoms with Gasteiger partial charge >= 0.3 is 0 Å². The van der Waals surface area contributed by atoms with Crippen molar-refractivity contribution in [3.63, 3.8) is 0 Å². The number of hydrogen-bond donors (Lipinski definition) is 1. The van der Waals surface area contributed by atoms with Crippen molar-refractivity contribution in [1.29, 1.82) is 0 Å². The predicted octanol–water partition coefficient (Wildman–Crippen LogP) is 4.42. The van der Waals surface area contributed by atoms with E-state index in [-0.39, 0.29) is 11.5 Å². The molecule has 24 heavy (non-hydrogen) atoms. The second-order valence-corrected chi connectivity index (χ2v) is 6.74. The van der Waals surface area contributed by atoms with Gasteiger partial charge in [-0.2, -0.15) is 0 Å². The second kappa shape index (κ2) is 7.66. The zero-order valence-electron chi connectivity index (χ0n) is 13.7. The lowest BCUT2D eigenvalue weighted by Crippen LogP contribution is -2.31. The zero-order chi connectivity index (χ0) is 16.9. The van der Waals surface area contributed by atoms with Crippen molar-refractivity contribution < 1.29 is 9.15 Å². The van der Waals surface area contributed by atoms with Crippen LogP contribution in [0.4, 0.5) is 0 Å². The molecule has 0 saturated heterocycles. The fourth-order valence-corrected chi connectivity index (χ4v) is 3.18. The summed E-state index contributed by atoms with van der Waals surface area (Å²) < 4.78 is 11.2. The van der Waals surface area contributed by atoms with Crippen LogP contribution in [-0.2, 0) is 4.74 Å². The lowest BCUT2D eigenvalue weighted by molar-refractivity contribution is 0.109. The van der Waals surface area contributed by atoms with Crippen molar-refractivity contribution in [3.8, 4) is 22.6 Å². The Morgan fingerprint density at radius 1 is 1.00 bits per heavy atom. The van der Waals surface area contributed by atoms with E-state index in [4.69, 9.17) is 19.9 Å². The summed E-state index contributed by atoms with van der Waals surface area (Å²) in [6, 6.07) is 20.0. The highest BCUT2D eigenvalue weighted by Gasteiger charge is 2.21. The molecule has 124 valence electrons. The summed E-state index contributed by atoms with van der Waals surface area (Å²) in [4.78, 5) is 4.70. The molecule has 0 saturated carbocycles. The maximum Gasteiger partial charge on any atom is 0.257 e. The predicted molar refractivity (Wildman–Crippen MR) is 97.7 cm³/mol. The number of methoxy groups -OCH3 is 1. The molecule has 3 rings (SSSR count). The van der Waals surface area contributed by atoms with Gasteiger partial charge in [0.05, 0.1) is 5.25 Å². The third-order valence-corrected chi connectivity index (χ3v) is 4.73. The van der Waals surface area contributed by atoms with Crippen LogP contribution in [0.1, 0.15) is 6.92 Å². The number of hydrogen-bond acceptors (Lipinski definition) is 5. The van der Waals surface area contributed by atoms with E-state index >= 15 is 0 Å². The summed E-state index contributed by atoms with van der Waals surface area (Å²) in [7, 11) is 1.60. The maximum absolute atomic E-state index is 6.06. The van der Waals surface area contributed by atoms with Crippen molar-refractivity contribution >= 4 is 11.8 Å². The van der Waals surface area contributed by atoms with Gasteiger partial charge in [0.25, 0.3) is 5.22 Å². The summed E-state index contributed by atoms with van der Waals surface area (Å²) in [5, 5.41) is 0.619. The lowest BCUT2D eigenvalue weighted by Gasteiger charge is -2.15. The fraction of sp³-hybridized carbons (Fsp3) is 0.211. The second-order valence-electron chi connectivity index (χ2n) is 5.41. The van der Waals surface area contributed by atoms with Gasteiger partial charge in [-0.15, -0.1) is 0 Å². The van der Waals surface area contributed by atoms with E-state index in [9.17, 15) is 0 Å². The van der Waals surface area contributed by atoms with Crippen LogP contribution in [0, 0.1) is 0 Å². The van der Waals surface area contributed by atoms with Crippen molar-refractivity contribution in [1.82, 2.24) is 4.98 Å². The van der Waals surface area contributed by atoms with Crippen LogP contribution in [0.25, 0.3) is 22.6 Å². The number of oxazole rings is 1. The van der Waals surface area contributed by atoms with E-state index in [2.05, 4.69) is 0 Å². The summed E-state index contributed by atoms with van der Waals surface area (Å²) in [6.45, 7) is 1.99. The Hall–Kier alpha value is -2.08. The van der Waals surface area contributed by atoms with Gasteiger partial charge in [-0.05, 0) is 6.92 Å². The Bertz CT molecular complexity index is 718. The number of ether oxygens (including phenoxy) is 1. The molecular weight excluding hydrogens is 320 g/mol. The van der Waals surface area contributed by atoms with Crippen LogP contribution in [0.2, 0.25) is 0 Å². The van der Waals surface area contributed by atoms with E-state index in [1.165, 1.54) is 11.8 Å². The highest BCUT2D eigenvalue weighted by atomic mass is 32.2. The number of rotatable bonds is 6. The largest absolute Gasteiger partial charge is 0.431 e. The average molecular weight is 340 g/mol. The quantitative estimate of drug-likeness (QED) is 0.531. The van der Waals surface area contributed by atoms with Crippen molar-refractivity contribution in [2.75, 3.05) is 7.11 Å². The van der Waals surface area contributed by atoms with Crippen LogP contribution >= 0.6 is 11.8 Å².